The van der Waals surface area contributed by atoms with Crippen LogP contribution in [0.4, 0.5) is 0 Å². The van der Waals surface area contributed by atoms with Crippen LogP contribution in [0.2, 0.25) is 5.02 Å². The van der Waals surface area contributed by atoms with E-state index in [0.717, 1.165) is 6.42 Å². The predicted octanol–water partition coefficient (Wildman–Crippen LogP) is 2.11. The predicted molar refractivity (Wildman–Crippen MR) is 67.7 cm³/mol. The lowest BCUT2D eigenvalue weighted by Gasteiger charge is -2.05. The van der Waals surface area contributed by atoms with Gasteiger partial charge in [-0.05, 0) is 18.6 Å². The summed E-state index contributed by atoms with van der Waals surface area (Å²) in [6, 6.07) is 3.22. The second kappa shape index (κ2) is 8.28. The SMILES string of the molecule is O=C(NCCCOCCCl)c1ccc(Cl)cn1. The zero-order valence-corrected chi connectivity index (χ0v) is 10.8. The van der Waals surface area contributed by atoms with Crippen molar-refractivity contribution in [1.82, 2.24) is 10.3 Å². The van der Waals surface area contributed by atoms with E-state index in [1.807, 2.05) is 0 Å². The van der Waals surface area contributed by atoms with Crippen molar-refractivity contribution in [3.8, 4) is 0 Å². The highest BCUT2D eigenvalue weighted by atomic mass is 35.5. The van der Waals surface area contributed by atoms with E-state index in [1.54, 1.807) is 12.1 Å². The van der Waals surface area contributed by atoms with Crippen LogP contribution in [0.1, 0.15) is 16.9 Å². The Labute approximate surface area is 110 Å². The molecule has 4 nitrogen and oxygen atoms in total. The molecule has 0 atom stereocenters. The maximum Gasteiger partial charge on any atom is 0.269 e. The number of amides is 1. The summed E-state index contributed by atoms with van der Waals surface area (Å²) in [5, 5.41) is 3.25. The summed E-state index contributed by atoms with van der Waals surface area (Å²) in [6.07, 6.45) is 2.19. The van der Waals surface area contributed by atoms with Crippen LogP contribution < -0.4 is 5.32 Å². The number of hydrogen-bond donors (Lipinski definition) is 1. The minimum atomic E-state index is -0.209. The van der Waals surface area contributed by atoms with E-state index in [9.17, 15) is 4.79 Å². The van der Waals surface area contributed by atoms with Gasteiger partial charge in [-0.2, -0.15) is 0 Å². The average molecular weight is 277 g/mol. The molecule has 1 N–H and O–H groups in total. The van der Waals surface area contributed by atoms with E-state index in [0.29, 0.717) is 36.4 Å². The minimum Gasteiger partial charge on any atom is -0.380 e. The zero-order chi connectivity index (χ0) is 12.5. The van der Waals surface area contributed by atoms with E-state index < -0.39 is 0 Å². The van der Waals surface area contributed by atoms with Crippen LogP contribution in [0, 0.1) is 0 Å². The molecule has 0 saturated heterocycles. The fraction of sp³-hybridized carbons (Fsp3) is 0.455. The molecule has 1 heterocycles. The number of ether oxygens (including phenoxy) is 1. The molecule has 0 saturated carbocycles. The van der Waals surface area contributed by atoms with E-state index >= 15 is 0 Å². The van der Waals surface area contributed by atoms with Crippen molar-refractivity contribution in [3.05, 3.63) is 29.0 Å². The van der Waals surface area contributed by atoms with Gasteiger partial charge in [0, 0.05) is 25.2 Å². The van der Waals surface area contributed by atoms with Crippen molar-refractivity contribution in [1.29, 1.82) is 0 Å². The number of alkyl halides is 1. The Balaban J connectivity index is 2.19. The Kier molecular flexibility index (Phi) is 6.93. The summed E-state index contributed by atoms with van der Waals surface area (Å²) in [4.78, 5) is 15.5. The Morgan fingerprint density at radius 1 is 1.41 bits per heavy atom. The van der Waals surface area contributed by atoms with Crippen LogP contribution in [0.5, 0.6) is 0 Å². The molecule has 0 aliphatic heterocycles. The first kappa shape index (κ1) is 14.2. The standard InChI is InChI=1S/C11H14Cl2N2O2/c12-4-7-17-6-1-5-14-11(16)10-3-2-9(13)8-15-10/h2-3,8H,1,4-7H2,(H,14,16). The molecule has 1 rings (SSSR count). The van der Waals surface area contributed by atoms with Crippen LogP contribution in [-0.2, 0) is 4.74 Å². The first-order valence-corrected chi connectivity index (χ1v) is 6.18. The maximum absolute atomic E-state index is 11.6. The van der Waals surface area contributed by atoms with Gasteiger partial charge in [0.05, 0.1) is 11.6 Å². The van der Waals surface area contributed by atoms with Crippen molar-refractivity contribution in [3.63, 3.8) is 0 Å². The van der Waals surface area contributed by atoms with E-state index in [1.165, 1.54) is 6.20 Å². The van der Waals surface area contributed by atoms with Gasteiger partial charge in [0.2, 0.25) is 0 Å². The highest BCUT2D eigenvalue weighted by molar-refractivity contribution is 6.30. The topological polar surface area (TPSA) is 51.2 Å². The lowest BCUT2D eigenvalue weighted by molar-refractivity contribution is 0.0939. The molecule has 1 aromatic rings. The molecule has 0 aliphatic rings. The molecule has 0 aliphatic carbocycles. The van der Waals surface area contributed by atoms with Crippen molar-refractivity contribution in [2.45, 2.75) is 6.42 Å². The minimum absolute atomic E-state index is 0.209. The number of rotatable bonds is 7. The van der Waals surface area contributed by atoms with E-state index in [-0.39, 0.29) is 5.91 Å². The van der Waals surface area contributed by atoms with Crippen LogP contribution in [0.15, 0.2) is 18.3 Å². The second-order valence-corrected chi connectivity index (χ2v) is 4.09. The molecule has 94 valence electrons. The summed E-state index contributed by atoms with van der Waals surface area (Å²) in [5.74, 6) is 0.278. The van der Waals surface area contributed by atoms with Gasteiger partial charge in [0.1, 0.15) is 5.69 Å². The molecule has 1 amide bonds. The maximum atomic E-state index is 11.6. The summed E-state index contributed by atoms with van der Waals surface area (Å²) in [5.41, 5.74) is 0.357. The fourth-order valence-electron chi connectivity index (χ4n) is 1.13. The molecule has 1 aromatic heterocycles. The zero-order valence-electron chi connectivity index (χ0n) is 9.29. The molecular weight excluding hydrogens is 263 g/mol. The molecule has 0 radical (unpaired) electrons. The first-order valence-electron chi connectivity index (χ1n) is 5.27. The Bertz CT molecular complexity index is 344. The quantitative estimate of drug-likeness (QED) is 0.613. The van der Waals surface area contributed by atoms with Gasteiger partial charge in [-0.1, -0.05) is 11.6 Å². The third-order valence-corrected chi connectivity index (χ3v) is 2.31. The molecule has 0 bridgehead atoms. The summed E-state index contributed by atoms with van der Waals surface area (Å²) in [6.45, 7) is 1.67. The van der Waals surface area contributed by atoms with Crippen LogP contribution in [-0.4, -0.2) is 36.5 Å². The van der Waals surface area contributed by atoms with Gasteiger partial charge in [-0.15, -0.1) is 11.6 Å². The number of pyridine rings is 1. The van der Waals surface area contributed by atoms with Gasteiger partial charge in [0.15, 0.2) is 0 Å². The van der Waals surface area contributed by atoms with Crippen LogP contribution in [0.25, 0.3) is 0 Å². The second-order valence-electron chi connectivity index (χ2n) is 3.27. The Morgan fingerprint density at radius 3 is 2.88 bits per heavy atom. The third-order valence-electron chi connectivity index (χ3n) is 1.93. The molecule has 0 unspecified atom stereocenters. The van der Waals surface area contributed by atoms with Gasteiger partial charge >= 0.3 is 0 Å². The average Bonchev–Trinajstić information content (AvgIpc) is 2.34. The van der Waals surface area contributed by atoms with E-state index in [4.69, 9.17) is 27.9 Å². The van der Waals surface area contributed by atoms with Crippen molar-refractivity contribution < 1.29 is 9.53 Å². The lowest BCUT2D eigenvalue weighted by atomic mass is 10.3. The van der Waals surface area contributed by atoms with Crippen molar-refractivity contribution >= 4 is 29.1 Å². The number of nitrogens with zero attached hydrogens (tertiary/aromatic N) is 1. The fourth-order valence-corrected chi connectivity index (χ4v) is 1.35. The Hall–Kier alpha value is -0.840. The molecule has 0 fully saturated rings. The monoisotopic (exact) mass is 276 g/mol. The largest absolute Gasteiger partial charge is 0.380 e. The first-order chi connectivity index (χ1) is 8.24. The normalized spacial score (nSPS) is 10.2. The number of carbonyl (C=O) groups excluding carboxylic acids is 1. The highest BCUT2D eigenvalue weighted by Crippen LogP contribution is 2.05. The molecule has 0 aromatic carbocycles. The molecule has 17 heavy (non-hydrogen) atoms. The van der Waals surface area contributed by atoms with Crippen molar-refractivity contribution in [2.24, 2.45) is 0 Å². The number of hydrogen-bond acceptors (Lipinski definition) is 3. The lowest BCUT2D eigenvalue weighted by Crippen LogP contribution is -2.26. The smallest absolute Gasteiger partial charge is 0.269 e. The van der Waals surface area contributed by atoms with Gasteiger partial charge in [0.25, 0.3) is 5.91 Å². The van der Waals surface area contributed by atoms with Gasteiger partial charge < -0.3 is 10.1 Å². The van der Waals surface area contributed by atoms with Crippen LogP contribution >= 0.6 is 23.2 Å². The molecule has 0 spiro atoms. The number of carbonyl (C=O) groups is 1. The highest BCUT2D eigenvalue weighted by Gasteiger charge is 2.05. The number of aromatic nitrogens is 1. The van der Waals surface area contributed by atoms with Gasteiger partial charge in [-0.3, -0.25) is 4.79 Å². The van der Waals surface area contributed by atoms with Gasteiger partial charge in [-0.25, -0.2) is 4.98 Å². The summed E-state index contributed by atoms with van der Waals surface area (Å²) >= 11 is 11.1. The summed E-state index contributed by atoms with van der Waals surface area (Å²) < 4.78 is 5.17. The molecule has 6 heteroatoms. The van der Waals surface area contributed by atoms with E-state index in [2.05, 4.69) is 10.3 Å². The van der Waals surface area contributed by atoms with Crippen LogP contribution in [0.3, 0.4) is 0 Å². The number of halogens is 2. The third kappa shape index (κ3) is 5.86. The number of nitrogens with one attached hydrogen (secondary N) is 1. The molecular formula is C11H14Cl2N2O2. The summed E-state index contributed by atoms with van der Waals surface area (Å²) in [7, 11) is 0. The van der Waals surface area contributed by atoms with Crippen molar-refractivity contribution in [2.75, 3.05) is 25.6 Å². The Morgan fingerprint density at radius 2 is 2.24 bits per heavy atom.